The molecule has 230 valence electrons. The summed E-state index contributed by atoms with van der Waals surface area (Å²) in [7, 11) is 0. The van der Waals surface area contributed by atoms with Gasteiger partial charge in [-0.25, -0.2) is 0 Å². The van der Waals surface area contributed by atoms with Gasteiger partial charge in [0.1, 0.15) is 17.9 Å². The summed E-state index contributed by atoms with van der Waals surface area (Å²) in [6, 6.07) is 16.0. The Bertz CT molecular complexity index is 1640. The lowest BCUT2D eigenvalue weighted by molar-refractivity contribution is -0.136. The first-order valence-corrected chi connectivity index (χ1v) is 15.8. The maximum absolute atomic E-state index is 13.0. The third-order valence-corrected chi connectivity index (χ3v) is 9.70. The molecule has 4 aliphatic heterocycles. The van der Waals surface area contributed by atoms with Crippen LogP contribution in [0.15, 0.2) is 48.5 Å². The van der Waals surface area contributed by atoms with E-state index in [0.717, 1.165) is 67.0 Å². The molecule has 5 heterocycles. The molecule has 3 amide bonds. The number of benzene rings is 2. The zero-order valence-corrected chi connectivity index (χ0v) is 25.7. The second kappa shape index (κ2) is 11.3. The number of hydrogen-bond acceptors (Lipinski definition) is 7. The standard InChI is InChI=1S/C35H40N4O5/c1-21-17-38(18-22-4-8-28-23(14-22)5-9-29(36-28)24-12-13-43-35(2,3)16-24)20-31(21)44-26-6-7-27-25(15-26)19-39(34(27)42)30-10-11-32(40)37-33(30)41/h4-9,14-15,21,24,30-31H,10-13,16-20H2,1-3H3,(H,37,40,41)/t21-,24-,30+,31-/m1/s1. The Labute approximate surface area is 257 Å². The maximum Gasteiger partial charge on any atom is 0.255 e. The van der Waals surface area contributed by atoms with Crippen molar-refractivity contribution in [1.82, 2.24) is 20.1 Å². The van der Waals surface area contributed by atoms with Crippen LogP contribution < -0.4 is 10.1 Å². The highest BCUT2D eigenvalue weighted by Crippen LogP contribution is 2.36. The number of carbonyl (C=O) groups excluding carboxylic acids is 3. The Hall–Kier alpha value is -3.82. The molecule has 2 aromatic carbocycles. The van der Waals surface area contributed by atoms with Crippen molar-refractivity contribution in [2.75, 3.05) is 19.7 Å². The Morgan fingerprint density at radius 1 is 1.05 bits per heavy atom. The van der Waals surface area contributed by atoms with Crippen LogP contribution in [-0.4, -0.2) is 69.9 Å². The number of hydrogen-bond donors (Lipinski definition) is 1. The van der Waals surface area contributed by atoms with Crippen molar-refractivity contribution in [1.29, 1.82) is 0 Å². The highest BCUT2D eigenvalue weighted by molar-refractivity contribution is 6.05. The van der Waals surface area contributed by atoms with E-state index in [0.29, 0.717) is 30.4 Å². The number of ether oxygens (including phenoxy) is 2. The highest BCUT2D eigenvalue weighted by atomic mass is 16.5. The van der Waals surface area contributed by atoms with Crippen molar-refractivity contribution in [3.63, 3.8) is 0 Å². The molecule has 1 aromatic heterocycles. The van der Waals surface area contributed by atoms with Gasteiger partial charge in [-0.3, -0.25) is 29.6 Å². The predicted octanol–water partition coefficient (Wildman–Crippen LogP) is 4.57. The minimum absolute atomic E-state index is 0.0322. The first kappa shape index (κ1) is 28.9. The Morgan fingerprint density at radius 3 is 2.73 bits per heavy atom. The molecule has 7 rings (SSSR count). The van der Waals surface area contributed by atoms with Gasteiger partial charge in [0.15, 0.2) is 0 Å². The van der Waals surface area contributed by atoms with E-state index in [2.05, 4.69) is 61.3 Å². The van der Waals surface area contributed by atoms with Crippen molar-refractivity contribution < 1.29 is 23.9 Å². The number of carbonyl (C=O) groups is 3. The molecule has 3 fully saturated rings. The third-order valence-electron chi connectivity index (χ3n) is 9.70. The summed E-state index contributed by atoms with van der Waals surface area (Å²) in [6.45, 7) is 10.3. The number of fused-ring (bicyclic) bond motifs is 2. The van der Waals surface area contributed by atoms with Gasteiger partial charge in [-0.1, -0.05) is 19.1 Å². The predicted molar refractivity (Wildman–Crippen MR) is 165 cm³/mol. The largest absolute Gasteiger partial charge is 0.489 e. The summed E-state index contributed by atoms with van der Waals surface area (Å²) in [5.41, 5.74) is 4.81. The van der Waals surface area contributed by atoms with Crippen LogP contribution in [-0.2, 0) is 27.4 Å². The number of imide groups is 1. The lowest BCUT2D eigenvalue weighted by Crippen LogP contribution is -2.52. The molecule has 9 nitrogen and oxygen atoms in total. The lowest BCUT2D eigenvalue weighted by atomic mass is 9.86. The van der Waals surface area contributed by atoms with Crippen LogP contribution in [0.5, 0.6) is 5.75 Å². The lowest BCUT2D eigenvalue weighted by Gasteiger charge is -2.35. The summed E-state index contributed by atoms with van der Waals surface area (Å²) in [4.78, 5) is 46.0. The molecule has 1 N–H and O–H groups in total. The molecular formula is C35H40N4O5. The van der Waals surface area contributed by atoms with Crippen LogP contribution in [0.25, 0.3) is 10.9 Å². The van der Waals surface area contributed by atoms with Gasteiger partial charge >= 0.3 is 0 Å². The molecule has 0 radical (unpaired) electrons. The number of piperidine rings is 1. The molecule has 0 saturated carbocycles. The molecule has 9 heteroatoms. The monoisotopic (exact) mass is 596 g/mol. The van der Waals surface area contributed by atoms with Gasteiger partial charge in [0.2, 0.25) is 11.8 Å². The zero-order chi connectivity index (χ0) is 30.6. The summed E-state index contributed by atoms with van der Waals surface area (Å²) >= 11 is 0. The summed E-state index contributed by atoms with van der Waals surface area (Å²) in [5, 5.41) is 3.52. The fraction of sp³-hybridized carbons (Fsp3) is 0.486. The number of aromatic nitrogens is 1. The second-order valence-electron chi connectivity index (χ2n) is 13.6. The molecule has 3 aromatic rings. The van der Waals surface area contributed by atoms with Gasteiger partial charge in [0, 0.05) is 67.7 Å². The van der Waals surface area contributed by atoms with Gasteiger partial charge in [-0.05, 0) is 80.6 Å². The number of amides is 3. The van der Waals surface area contributed by atoms with Crippen LogP contribution in [0.2, 0.25) is 0 Å². The summed E-state index contributed by atoms with van der Waals surface area (Å²) in [5.74, 6) is 0.661. The van der Waals surface area contributed by atoms with Gasteiger partial charge in [-0.2, -0.15) is 0 Å². The molecule has 0 unspecified atom stereocenters. The maximum atomic E-state index is 13.0. The van der Waals surface area contributed by atoms with Gasteiger partial charge < -0.3 is 14.4 Å². The van der Waals surface area contributed by atoms with Crippen LogP contribution in [0.1, 0.15) is 79.6 Å². The highest BCUT2D eigenvalue weighted by Gasteiger charge is 2.39. The van der Waals surface area contributed by atoms with Crippen molar-refractivity contribution in [2.45, 2.75) is 83.2 Å². The molecule has 0 bridgehead atoms. The minimum atomic E-state index is -0.618. The van der Waals surface area contributed by atoms with E-state index in [-0.39, 0.29) is 29.9 Å². The number of likely N-dealkylation sites (tertiary alicyclic amines) is 1. The van der Waals surface area contributed by atoms with E-state index in [1.54, 1.807) is 11.0 Å². The number of pyridine rings is 1. The van der Waals surface area contributed by atoms with Crippen molar-refractivity contribution in [2.24, 2.45) is 5.92 Å². The van der Waals surface area contributed by atoms with Crippen LogP contribution >= 0.6 is 0 Å². The van der Waals surface area contributed by atoms with E-state index >= 15 is 0 Å². The van der Waals surface area contributed by atoms with Gasteiger partial charge in [0.05, 0.1) is 11.1 Å². The molecule has 0 aliphatic carbocycles. The molecule has 4 atom stereocenters. The zero-order valence-electron chi connectivity index (χ0n) is 25.7. The third kappa shape index (κ3) is 5.71. The molecule has 3 saturated heterocycles. The van der Waals surface area contributed by atoms with E-state index in [4.69, 9.17) is 14.5 Å². The van der Waals surface area contributed by atoms with Crippen LogP contribution in [0, 0.1) is 5.92 Å². The molecule has 4 aliphatic rings. The van der Waals surface area contributed by atoms with E-state index < -0.39 is 11.9 Å². The van der Waals surface area contributed by atoms with Crippen molar-refractivity contribution in [3.8, 4) is 5.75 Å². The number of nitrogens with one attached hydrogen (secondary N) is 1. The second-order valence-corrected chi connectivity index (χ2v) is 13.6. The van der Waals surface area contributed by atoms with E-state index in [1.165, 1.54) is 5.56 Å². The van der Waals surface area contributed by atoms with Crippen LogP contribution in [0.3, 0.4) is 0 Å². The first-order valence-electron chi connectivity index (χ1n) is 15.8. The van der Waals surface area contributed by atoms with Crippen molar-refractivity contribution in [3.05, 3.63) is 70.9 Å². The molecule has 44 heavy (non-hydrogen) atoms. The van der Waals surface area contributed by atoms with Gasteiger partial charge in [-0.15, -0.1) is 0 Å². The fourth-order valence-corrected chi connectivity index (χ4v) is 7.37. The SMILES string of the molecule is C[C@@H]1CN(Cc2ccc3nc([C@@H]4CCOC(C)(C)C4)ccc3c2)C[C@H]1Oc1ccc2c(c1)CN([C@H]1CCC(=O)NC1=O)C2=O. The normalized spacial score (nSPS) is 27.1. The Kier molecular flexibility index (Phi) is 7.41. The smallest absolute Gasteiger partial charge is 0.255 e. The Morgan fingerprint density at radius 2 is 1.91 bits per heavy atom. The minimum Gasteiger partial charge on any atom is -0.489 e. The van der Waals surface area contributed by atoms with E-state index in [1.807, 2.05) is 12.1 Å². The Balaban J connectivity index is 0.979. The topological polar surface area (TPSA) is 101 Å². The average Bonchev–Trinajstić information content (AvgIpc) is 3.49. The quantitative estimate of drug-likeness (QED) is 0.416. The summed E-state index contributed by atoms with van der Waals surface area (Å²) in [6.07, 6.45) is 2.63. The fourth-order valence-electron chi connectivity index (χ4n) is 7.37. The number of rotatable bonds is 6. The average molecular weight is 597 g/mol. The summed E-state index contributed by atoms with van der Waals surface area (Å²) < 4.78 is 12.4. The van der Waals surface area contributed by atoms with Crippen LogP contribution in [0.4, 0.5) is 0 Å². The first-order chi connectivity index (χ1) is 21.1. The number of nitrogens with zero attached hydrogens (tertiary/aromatic N) is 3. The molecular weight excluding hydrogens is 556 g/mol. The van der Waals surface area contributed by atoms with Crippen molar-refractivity contribution >= 4 is 28.6 Å². The van der Waals surface area contributed by atoms with E-state index in [9.17, 15) is 14.4 Å². The van der Waals surface area contributed by atoms with Gasteiger partial charge in [0.25, 0.3) is 5.91 Å². The molecule has 0 spiro atoms.